The lowest BCUT2D eigenvalue weighted by atomic mass is 9.81. The molecule has 1 atom stereocenters. The van der Waals surface area contributed by atoms with E-state index < -0.39 is 6.04 Å². The number of anilines is 1. The van der Waals surface area contributed by atoms with E-state index in [0.717, 1.165) is 48.1 Å². The highest BCUT2D eigenvalue weighted by Crippen LogP contribution is 2.28. The summed E-state index contributed by atoms with van der Waals surface area (Å²) < 4.78 is 5.86. The van der Waals surface area contributed by atoms with Crippen LogP contribution in [0.15, 0.2) is 73.1 Å². The minimum atomic E-state index is -0.715. The van der Waals surface area contributed by atoms with Crippen molar-refractivity contribution >= 4 is 17.5 Å². The average Bonchev–Trinajstić information content (AvgIpc) is 2.97. The number of ether oxygens (including phenoxy) is 1. The molecule has 38 heavy (non-hydrogen) atoms. The molecule has 0 radical (unpaired) electrons. The molecular formula is C30H37N5O3. The molecule has 6 N–H and O–H groups in total. The Morgan fingerprint density at radius 3 is 2.16 bits per heavy atom. The van der Waals surface area contributed by atoms with E-state index in [4.69, 9.17) is 16.2 Å². The summed E-state index contributed by atoms with van der Waals surface area (Å²) in [5.41, 5.74) is 15.1. The van der Waals surface area contributed by atoms with Crippen LogP contribution < -0.4 is 26.8 Å². The molecule has 0 saturated heterocycles. The molecule has 8 heteroatoms. The van der Waals surface area contributed by atoms with Crippen molar-refractivity contribution in [1.82, 2.24) is 10.3 Å². The van der Waals surface area contributed by atoms with E-state index >= 15 is 0 Å². The molecule has 2 aromatic carbocycles. The number of carbonyl (C=O) groups excluding carboxylic acids is 2. The Balaban J connectivity index is 1.41. The lowest BCUT2D eigenvalue weighted by Gasteiger charge is -2.28. The van der Waals surface area contributed by atoms with Crippen LogP contribution in [0, 0.1) is 11.8 Å². The Morgan fingerprint density at radius 1 is 0.868 bits per heavy atom. The highest BCUT2D eigenvalue weighted by atomic mass is 16.5. The van der Waals surface area contributed by atoms with Crippen molar-refractivity contribution in [2.24, 2.45) is 23.3 Å². The predicted octanol–water partition coefficient (Wildman–Crippen LogP) is 3.55. The number of benzene rings is 2. The quantitative estimate of drug-likeness (QED) is 0.309. The fourth-order valence-electron chi connectivity index (χ4n) is 4.72. The Bertz CT molecular complexity index is 1160. The molecular weight excluding hydrogens is 478 g/mol. The number of hydrogen-bond donors (Lipinski definition) is 4. The van der Waals surface area contributed by atoms with Crippen LogP contribution in [0.1, 0.15) is 42.4 Å². The van der Waals surface area contributed by atoms with Gasteiger partial charge in [0.05, 0.1) is 0 Å². The Hall–Kier alpha value is -3.75. The first kappa shape index (κ1) is 27.3. The van der Waals surface area contributed by atoms with Gasteiger partial charge in [-0.15, -0.1) is 0 Å². The maximum absolute atomic E-state index is 13.3. The smallest absolute Gasteiger partial charge is 0.247 e. The van der Waals surface area contributed by atoms with Crippen molar-refractivity contribution in [2.45, 2.75) is 51.3 Å². The number of carbonyl (C=O) groups is 2. The summed E-state index contributed by atoms with van der Waals surface area (Å²) in [6, 6.07) is 18.1. The Kier molecular flexibility index (Phi) is 9.84. The van der Waals surface area contributed by atoms with E-state index in [2.05, 4.69) is 15.6 Å². The van der Waals surface area contributed by atoms with E-state index in [0.29, 0.717) is 37.7 Å². The monoisotopic (exact) mass is 515 g/mol. The Labute approximate surface area is 224 Å². The number of nitrogens with two attached hydrogens (primary N) is 2. The van der Waals surface area contributed by atoms with Crippen molar-refractivity contribution in [2.75, 3.05) is 11.9 Å². The van der Waals surface area contributed by atoms with Gasteiger partial charge in [-0.1, -0.05) is 24.3 Å². The molecule has 4 rings (SSSR count). The summed E-state index contributed by atoms with van der Waals surface area (Å²) in [7, 11) is 0. The zero-order valence-corrected chi connectivity index (χ0v) is 21.6. The molecule has 8 nitrogen and oxygen atoms in total. The first-order valence-corrected chi connectivity index (χ1v) is 13.2. The topological polar surface area (TPSA) is 132 Å². The van der Waals surface area contributed by atoms with Crippen LogP contribution >= 0.6 is 0 Å². The van der Waals surface area contributed by atoms with Crippen molar-refractivity contribution in [3.8, 4) is 5.75 Å². The van der Waals surface area contributed by atoms with E-state index in [-0.39, 0.29) is 17.7 Å². The van der Waals surface area contributed by atoms with Gasteiger partial charge < -0.3 is 26.8 Å². The van der Waals surface area contributed by atoms with Crippen LogP contribution in [-0.2, 0) is 29.2 Å². The molecule has 1 aliphatic carbocycles. The maximum Gasteiger partial charge on any atom is 0.247 e. The third-order valence-electron chi connectivity index (χ3n) is 7.16. The van der Waals surface area contributed by atoms with Crippen molar-refractivity contribution < 1.29 is 14.3 Å². The summed E-state index contributed by atoms with van der Waals surface area (Å²) in [4.78, 5) is 30.5. The molecule has 1 heterocycles. The zero-order valence-electron chi connectivity index (χ0n) is 21.6. The summed E-state index contributed by atoms with van der Waals surface area (Å²) >= 11 is 0. The fraction of sp³-hybridized carbons (Fsp3) is 0.367. The second kappa shape index (κ2) is 13.7. The minimum absolute atomic E-state index is 0.0728. The second-order valence-electron chi connectivity index (χ2n) is 9.90. The molecule has 3 aromatic rings. The van der Waals surface area contributed by atoms with Gasteiger partial charge in [0.1, 0.15) is 18.4 Å². The van der Waals surface area contributed by atoms with Gasteiger partial charge >= 0.3 is 0 Å². The molecule has 0 bridgehead atoms. The lowest BCUT2D eigenvalue weighted by Crippen LogP contribution is -2.48. The van der Waals surface area contributed by atoms with Crippen LogP contribution in [0.25, 0.3) is 0 Å². The first-order valence-electron chi connectivity index (χ1n) is 13.2. The Morgan fingerprint density at radius 2 is 1.53 bits per heavy atom. The third-order valence-corrected chi connectivity index (χ3v) is 7.16. The number of nitrogens with one attached hydrogen (secondary N) is 2. The average molecular weight is 516 g/mol. The zero-order chi connectivity index (χ0) is 26.7. The van der Waals surface area contributed by atoms with Crippen LogP contribution in [0.5, 0.6) is 5.75 Å². The first-order chi connectivity index (χ1) is 18.5. The molecule has 1 aliphatic rings. The van der Waals surface area contributed by atoms with Crippen LogP contribution in [0.3, 0.4) is 0 Å². The lowest BCUT2D eigenvalue weighted by molar-refractivity contribution is -0.130. The number of nitrogens with zero attached hydrogens (tertiary/aromatic N) is 1. The summed E-state index contributed by atoms with van der Waals surface area (Å²) in [5, 5.41) is 5.98. The standard InChI is InChI=1S/C30H37N5O3/c31-18-22-1-7-25(8-2-22)29(36)35-28(30(37)34-26-9-3-23(19-32)4-10-26)17-21-5-11-27(12-6-21)38-20-24-13-15-33-16-14-24/h3-6,9-16,22,25,28H,1-2,7-8,17-20,31-32H2,(H,34,37)(H,35,36)/t22?,25?,28-/m0/s1. The molecule has 200 valence electrons. The largest absolute Gasteiger partial charge is 0.489 e. The molecule has 0 aliphatic heterocycles. The van der Waals surface area contributed by atoms with Gasteiger partial charge in [0, 0.05) is 37.0 Å². The van der Waals surface area contributed by atoms with Crippen LogP contribution in [0.2, 0.25) is 0 Å². The molecule has 1 fully saturated rings. The van der Waals surface area contributed by atoms with Crippen molar-refractivity contribution in [3.63, 3.8) is 0 Å². The predicted molar refractivity (Wildman–Crippen MR) is 148 cm³/mol. The van der Waals surface area contributed by atoms with Crippen molar-refractivity contribution in [3.05, 3.63) is 89.7 Å². The van der Waals surface area contributed by atoms with E-state index in [1.807, 2.05) is 60.7 Å². The summed E-state index contributed by atoms with van der Waals surface area (Å²) in [5.74, 6) is 0.783. The molecule has 1 saturated carbocycles. The SMILES string of the molecule is NCc1ccc(NC(=O)[C@H](Cc2ccc(OCc3ccncc3)cc2)NC(=O)C2CCC(CN)CC2)cc1. The fourth-order valence-corrected chi connectivity index (χ4v) is 4.72. The van der Waals surface area contributed by atoms with E-state index in [9.17, 15) is 9.59 Å². The normalized spacial score (nSPS) is 17.8. The second-order valence-corrected chi connectivity index (χ2v) is 9.90. The summed E-state index contributed by atoms with van der Waals surface area (Å²) in [6.45, 7) is 1.53. The number of amides is 2. The molecule has 1 aromatic heterocycles. The molecule has 0 spiro atoms. The minimum Gasteiger partial charge on any atom is -0.489 e. The van der Waals surface area contributed by atoms with Gasteiger partial charge in [-0.2, -0.15) is 0 Å². The highest BCUT2D eigenvalue weighted by Gasteiger charge is 2.29. The molecule has 2 amide bonds. The molecule has 0 unspecified atom stereocenters. The van der Waals surface area contributed by atoms with Crippen LogP contribution in [-0.4, -0.2) is 29.4 Å². The summed E-state index contributed by atoms with van der Waals surface area (Å²) in [6.07, 6.45) is 7.31. The third kappa shape index (κ3) is 7.87. The number of aromatic nitrogens is 1. The van der Waals surface area contributed by atoms with Gasteiger partial charge in [0.25, 0.3) is 0 Å². The highest BCUT2D eigenvalue weighted by molar-refractivity contribution is 5.97. The van der Waals surface area contributed by atoms with Gasteiger partial charge in [-0.05, 0) is 91.2 Å². The van der Waals surface area contributed by atoms with E-state index in [1.54, 1.807) is 12.4 Å². The van der Waals surface area contributed by atoms with Gasteiger partial charge in [-0.25, -0.2) is 0 Å². The maximum atomic E-state index is 13.3. The van der Waals surface area contributed by atoms with Gasteiger partial charge in [-0.3, -0.25) is 14.6 Å². The van der Waals surface area contributed by atoms with Gasteiger partial charge in [0.2, 0.25) is 11.8 Å². The van der Waals surface area contributed by atoms with Crippen molar-refractivity contribution in [1.29, 1.82) is 0 Å². The van der Waals surface area contributed by atoms with E-state index in [1.165, 1.54) is 0 Å². The number of pyridine rings is 1. The number of rotatable bonds is 11. The van der Waals surface area contributed by atoms with Gasteiger partial charge in [0.15, 0.2) is 0 Å². The van der Waals surface area contributed by atoms with Crippen LogP contribution in [0.4, 0.5) is 5.69 Å². The number of hydrogen-bond acceptors (Lipinski definition) is 6.